The fourth-order valence-electron chi connectivity index (χ4n) is 2.65. The van der Waals surface area contributed by atoms with Crippen LogP contribution in [0.15, 0.2) is 42.5 Å². The number of benzene rings is 2. The van der Waals surface area contributed by atoms with Crippen molar-refractivity contribution in [2.24, 2.45) is 5.73 Å². The van der Waals surface area contributed by atoms with Gasteiger partial charge in [-0.1, -0.05) is 12.1 Å². The Labute approximate surface area is 138 Å². The van der Waals surface area contributed by atoms with Gasteiger partial charge in [0.05, 0.1) is 20.8 Å². The first-order chi connectivity index (χ1) is 11.2. The molecule has 0 saturated heterocycles. The molecule has 2 aromatic carbocycles. The fraction of sp³-hybridized carbons (Fsp3) is 0.368. The van der Waals surface area contributed by atoms with Gasteiger partial charge >= 0.3 is 0 Å². The van der Waals surface area contributed by atoms with Crippen molar-refractivity contribution >= 4 is 0 Å². The summed E-state index contributed by atoms with van der Waals surface area (Å²) >= 11 is 0. The largest absolute Gasteiger partial charge is 0.497 e. The van der Waals surface area contributed by atoms with Crippen molar-refractivity contribution in [3.8, 4) is 17.2 Å². The second-order valence-electron chi connectivity index (χ2n) is 5.32. The Hall–Kier alpha value is -2.20. The van der Waals surface area contributed by atoms with E-state index in [2.05, 4.69) is 12.1 Å². The summed E-state index contributed by atoms with van der Waals surface area (Å²) in [7, 11) is 3.35. The van der Waals surface area contributed by atoms with E-state index in [1.165, 1.54) is 5.56 Å². The van der Waals surface area contributed by atoms with Gasteiger partial charge in [0.2, 0.25) is 0 Å². The van der Waals surface area contributed by atoms with E-state index in [0.717, 1.165) is 29.2 Å². The van der Waals surface area contributed by atoms with Gasteiger partial charge in [-0.05, 0) is 61.3 Å². The summed E-state index contributed by atoms with van der Waals surface area (Å²) in [5, 5.41) is 0. The second-order valence-corrected chi connectivity index (χ2v) is 5.32. The minimum atomic E-state index is 0.215. The number of nitrogens with two attached hydrogens (primary N) is 1. The van der Waals surface area contributed by atoms with E-state index in [0.29, 0.717) is 13.2 Å². The molecule has 0 saturated carbocycles. The quantitative estimate of drug-likeness (QED) is 0.811. The molecule has 0 fully saturated rings. The Bertz CT molecular complexity index is 611. The number of hydrogen-bond acceptors (Lipinski definition) is 4. The van der Waals surface area contributed by atoms with Crippen molar-refractivity contribution in [1.29, 1.82) is 0 Å². The van der Waals surface area contributed by atoms with E-state index in [-0.39, 0.29) is 5.92 Å². The smallest absolute Gasteiger partial charge is 0.122 e. The average Bonchev–Trinajstić information content (AvgIpc) is 2.60. The molecular formula is C19H25NO3. The van der Waals surface area contributed by atoms with Crippen LogP contribution in [-0.2, 0) is 6.42 Å². The van der Waals surface area contributed by atoms with Crippen LogP contribution in [0.4, 0.5) is 0 Å². The van der Waals surface area contributed by atoms with E-state index < -0.39 is 0 Å². The highest BCUT2D eigenvalue weighted by Gasteiger charge is 2.14. The molecule has 2 N–H and O–H groups in total. The Kier molecular flexibility index (Phi) is 6.29. The Morgan fingerprint density at radius 2 is 1.65 bits per heavy atom. The lowest BCUT2D eigenvalue weighted by molar-refractivity contribution is 0.340. The Balaban J connectivity index is 2.21. The Morgan fingerprint density at radius 3 is 2.22 bits per heavy atom. The highest BCUT2D eigenvalue weighted by atomic mass is 16.5. The summed E-state index contributed by atoms with van der Waals surface area (Å²) in [5.41, 5.74) is 8.30. The molecule has 0 amide bonds. The van der Waals surface area contributed by atoms with Gasteiger partial charge in [0.1, 0.15) is 17.2 Å². The monoisotopic (exact) mass is 315 g/mol. The van der Waals surface area contributed by atoms with E-state index in [4.69, 9.17) is 19.9 Å². The first-order valence-corrected chi connectivity index (χ1v) is 7.85. The molecule has 0 aliphatic rings. The van der Waals surface area contributed by atoms with Crippen LogP contribution in [0, 0.1) is 0 Å². The number of ether oxygens (including phenoxy) is 3. The molecule has 0 spiro atoms. The highest BCUT2D eigenvalue weighted by Crippen LogP contribution is 2.30. The zero-order chi connectivity index (χ0) is 16.7. The van der Waals surface area contributed by atoms with E-state index in [9.17, 15) is 0 Å². The molecule has 23 heavy (non-hydrogen) atoms. The summed E-state index contributed by atoms with van der Waals surface area (Å²) in [5.74, 6) is 2.77. The summed E-state index contributed by atoms with van der Waals surface area (Å²) in [4.78, 5) is 0. The predicted octanol–water partition coefficient (Wildman–Crippen LogP) is 3.39. The first kappa shape index (κ1) is 17.2. The molecule has 4 heteroatoms. The third-order valence-corrected chi connectivity index (χ3v) is 3.90. The van der Waals surface area contributed by atoms with Gasteiger partial charge in [-0.15, -0.1) is 0 Å². The lowest BCUT2D eigenvalue weighted by Crippen LogP contribution is -2.15. The molecule has 0 heterocycles. The first-order valence-electron chi connectivity index (χ1n) is 7.85. The van der Waals surface area contributed by atoms with Crippen molar-refractivity contribution in [3.63, 3.8) is 0 Å². The van der Waals surface area contributed by atoms with E-state index in [1.54, 1.807) is 14.2 Å². The number of hydrogen-bond donors (Lipinski definition) is 1. The molecule has 2 rings (SSSR count). The maximum Gasteiger partial charge on any atom is 0.122 e. The van der Waals surface area contributed by atoms with Crippen LogP contribution < -0.4 is 19.9 Å². The van der Waals surface area contributed by atoms with Gasteiger partial charge in [-0.2, -0.15) is 0 Å². The maximum absolute atomic E-state index is 6.01. The predicted molar refractivity (Wildman–Crippen MR) is 92.7 cm³/mol. The zero-order valence-corrected chi connectivity index (χ0v) is 14.0. The summed E-state index contributed by atoms with van der Waals surface area (Å²) < 4.78 is 16.3. The van der Waals surface area contributed by atoms with Crippen LogP contribution in [0.3, 0.4) is 0 Å². The van der Waals surface area contributed by atoms with Gasteiger partial charge < -0.3 is 19.9 Å². The molecular weight excluding hydrogens is 290 g/mol. The van der Waals surface area contributed by atoms with Crippen LogP contribution in [0.2, 0.25) is 0 Å². The van der Waals surface area contributed by atoms with Gasteiger partial charge in [-0.25, -0.2) is 0 Å². The minimum absolute atomic E-state index is 0.215. The Morgan fingerprint density at radius 1 is 0.957 bits per heavy atom. The maximum atomic E-state index is 6.01. The molecule has 2 aromatic rings. The van der Waals surface area contributed by atoms with Crippen LogP contribution in [0.25, 0.3) is 0 Å². The third-order valence-electron chi connectivity index (χ3n) is 3.90. The van der Waals surface area contributed by atoms with Crippen molar-refractivity contribution < 1.29 is 14.2 Å². The van der Waals surface area contributed by atoms with Gasteiger partial charge in [0.25, 0.3) is 0 Å². The zero-order valence-electron chi connectivity index (χ0n) is 14.0. The molecule has 4 nitrogen and oxygen atoms in total. The lowest BCUT2D eigenvalue weighted by atomic mass is 9.91. The topological polar surface area (TPSA) is 53.7 Å². The molecule has 124 valence electrons. The standard InChI is InChI=1S/C19H25NO3/c1-4-23-17-7-5-14(6-8-17)16(13-20)11-15-12-18(21-2)9-10-19(15)22-3/h5-10,12,16H,4,11,13,20H2,1-3H3. The van der Waals surface area contributed by atoms with Crippen LogP contribution in [0.5, 0.6) is 17.2 Å². The highest BCUT2D eigenvalue weighted by molar-refractivity contribution is 5.42. The molecule has 0 aromatic heterocycles. The summed E-state index contributed by atoms with van der Waals surface area (Å²) in [6.45, 7) is 3.21. The average molecular weight is 315 g/mol. The van der Waals surface area contributed by atoms with Crippen LogP contribution >= 0.6 is 0 Å². The second kappa shape index (κ2) is 8.44. The van der Waals surface area contributed by atoms with Crippen molar-refractivity contribution in [1.82, 2.24) is 0 Å². The van der Waals surface area contributed by atoms with Crippen molar-refractivity contribution in [3.05, 3.63) is 53.6 Å². The van der Waals surface area contributed by atoms with Crippen molar-refractivity contribution in [2.45, 2.75) is 19.3 Å². The van der Waals surface area contributed by atoms with Gasteiger partial charge in [-0.3, -0.25) is 0 Å². The molecule has 1 unspecified atom stereocenters. The molecule has 0 aliphatic carbocycles. The SMILES string of the molecule is CCOc1ccc(C(CN)Cc2cc(OC)ccc2OC)cc1. The van der Waals surface area contributed by atoms with Gasteiger partial charge in [0.15, 0.2) is 0 Å². The van der Waals surface area contributed by atoms with Crippen LogP contribution in [0.1, 0.15) is 24.0 Å². The van der Waals surface area contributed by atoms with Gasteiger partial charge in [0, 0.05) is 5.92 Å². The molecule has 0 aliphatic heterocycles. The normalized spacial score (nSPS) is 11.8. The van der Waals surface area contributed by atoms with E-state index in [1.807, 2.05) is 37.3 Å². The summed E-state index contributed by atoms with van der Waals surface area (Å²) in [6.07, 6.45) is 0.796. The number of methoxy groups -OCH3 is 2. The van der Waals surface area contributed by atoms with E-state index >= 15 is 0 Å². The number of rotatable bonds is 8. The van der Waals surface area contributed by atoms with Crippen LogP contribution in [-0.4, -0.2) is 27.4 Å². The minimum Gasteiger partial charge on any atom is -0.497 e. The lowest BCUT2D eigenvalue weighted by Gasteiger charge is -2.18. The fourth-order valence-corrected chi connectivity index (χ4v) is 2.65. The molecule has 1 atom stereocenters. The third kappa shape index (κ3) is 4.39. The molecule has 0 bridgehead atoms. The molecule has 0 radical (unpaired) electrons. The van der Waals surface area contributed by atoms with Crippen molar-refractivity contribution in [2.75, 3.05) is 27.4 Å². The summed E-state index contributed by atoms with van der Waals surface area (Å²) in [6, 6.07) is 14.0.